The zero-order valence-corrected chi connectivity index (χ0v) is 12.5. The number of hydrogen-bond acceptors (Lipinski definition) is 2. The average molecular weight is 278 g/mol. The minimum atomic E-state index is 0.476. The Bertz CT molecular complexity index is 361. The van der Waals surface area contributed by atoms with E-state index in [1.165, 1.54) is 0 Å². The smallest absolute Gasteiger partial charge is 0.0860 e. The minimum Gasteiger partial charge on any atom is -0.295 e. The van der Waals surface area contributed by atoms with Gasteiger partial charge in [0.2, 0.25) is 0 Å². The predicted octanol–water partition coefficient (Wildman–Crippen LogP) is 3.22. The molecule has 0 unspecified atom stereocenters. The van der Waals surface area contributed by atoms with Gasteiger partial charge in [-0.05, 0) is 33.7 Å². The summed E-state index contributed by atoms with van der Waals surface area (Å²) in [5.74, 6) is 0.696. The molecule has 0 aliphatic carbocycles. The van der Waals surface area contributed by atoms with Gasteiger partial charge in [-0.15, -0.1) is 11.6 Å². The summed E-state index contributed by atoms with van der Waals surface area (Å²) < 4.78 is 1.87. The van der Waals surface area contributed by atoms with Crippen LogP contribution < -0.4 is 0 Å². The highest BCUT2D eigenvalue weighted by atomic mass is 35.5. The van der Waals surface area contributed by atoms with Gasteiger partial charge in [0.25, 0.3) is 0 Å². The van der Waals surface area contributed by atoms with Gasteiger partial charge in [-0.1, -0.05) is 11.6 Å². The first kappa shape index (κ1) is 14.8. The molecular weight excluding hydrogens is 257 g/mol. The van der Waals surface area contributed by atoms with Crippen molar-refractivity contribution < 1.29 is 0 Å². The van der Waals surface area contributed by atoms with Gasteiger partial charge in [0, 0.05) is 25.5 Å². The van der Waals surface area contributed by atoms with Gasteiger partial charge in [-0.25, -0.2) is 0 Å². The van der Waals surface area contributed by atoms with E-state index in [0.717, 1.165) is 35.9 Å². The fourth-order valence-electron chi connectivity index (χ4n) is 1.83. The lowest BCUT2D eigenvalue weighted by Crippen LogP contribution is -2.32. The molecule has 0 saturated carbocycles. The molecule has 1 aromatic rings. The molecule has 17 heavy (non-hydrogen) atoms. The summed E-state index contributed by atoms with van der Waals surface area (Å²) in [5.41, 5.74) is 1.97. The van der Waals surface area contributed by atoms with E-state index in [2.05, 4.69) is 23.8 Å². The first-order valence-corrected chi connectivity index (χ1v) is 6.86. The molecule has 5 heteroatoms. The fraction of sp³-hybridized carbons (Fsp3) is 0.750. The molecule has 0 amide bonds. The summed E-state index contributed by atoms with van der Waals surface area (Å²) in [6.07, 6.45) is 0.994. The Morgan fingerprint density at radius 3 is 2.47 bits per heavy atom. The van der Waals surface area contributed by atoms with E-state index in [0.29, 0.717) is 11.9 Å². The lowest BCUT2D eigenvalue weighted by Gasteiger charge is -2.26. The van der Waals surface area contributed by atoms with Crippen molar-refractivity contribution in [2.45, 2.75) is 39.8 Å². The van der Waals surface area contributed by atoms with Crippen LogP contribution >= 0.6 is 23.2 Å². The molecule has 1 heterocycles. The van der Waals surface area contributed by atoms with Crippen LogP contribution in [0.2, 0.25) is 5.02 Å². The third kappa shape index (κ3) is 3.87. The van der Waals surface area contributed by atoms with Gasteiger partial charge in [0.1, 0.15) is 0 Å². The third-order valence-electron chi connectivity index (χ3n) is 2.92. The molecule has 1 aromatic heterocycles. The molecule has 0 fully saturated rings. The Hall–Kier alpha value is -0.250. The lowest BCUT2D eigenvalue weighted by molar-refractivity contribution is 0.208. The summed E-state index contributed by atoms with van der Waals surface area (Å²) in [4.78, 5) is 2.37. The maximum absolute atomic E-state index is 6.26. The van der Waals surface area contributed by atoms with E-state index in [4.69, 9.17) is 23.2 Å². The second-order valence-electron chi connectivity index (χ2n) is 4.58. The van der Waals surface area contributed by atoms with Crippen LogP contribution in [-0.2, 0) is 13.6 Å². The topological polar surface area (TPSA) is 21.1 Å². The number of alkyl halides is 1. The Morgan fingerprint density at radius 2 is 2.06 bits per heavy atom. The van der Waals surface area contributed by atoms with E-state index in [9.17, 15) is 0 Å². The van der Waals surface area contributed by atoms with E-state index in [1.54, 1.807) is 0 Å². The highest BCUT2D eigenvalue weighted by molar-refractivity contribution is 6.31. The minimum absolute atomic E-state index is 0.476. The van der Waals surface area contributed by atoms with Crippen molar-refractivity contribution >= 4 is 23.2 Å². The van der Waals surface area contributed by atoms with E-state index in [1.807, 2.05) is 18.7 Å². The zero-order valence-electron chi connectivity index (χ0n) is 11.0. The molecule has 0 aliphatic rings. The van der Waals surface area contributed by atoms with Gasteiger partial charge in [-0.3, -0.25) is 9.58 Å². The predicted molar refractivity (Wildman–Crippen MR) is 73.8 cm³/mol. The summed E-state index contributed by atoms with van der Waals surface area (Å²) in [6.45, 7) is 8.12. The molecule has 0 radical (unpaired) electrons. The molecule has 0 N–H and O–H groups in total. The van der Waals surface area contributed by atoms with Crippen LogP contribution in [0.4, 0.5) is 0 Å². The second kappa shape index (κ2) is 6.62. The molecule has 0 aliphatic heterocycles. The summed E-state index contributed by atoms with van der Waals surface area (Å²) in [5, 5.41) is 5.12. The number of rotatable bonds is 6. The van der Waals surface area contributed by atoms with Crippen LogP contribution in [0.15, 0.2) is 0 Å². The Kier molecular flexibility index (Phi) is 5.77. The highest BCUT2D eigenvalue weighted by Gasteiger charge is 2.16. The molecular formula is C12H21Cl2N3. The van der Waals surface area contributed by atoms with Crippen molar-refractivity contribution in [3.05, 3.63) is 16.4 Å². The van der Waals surface area contributed by atoms with Crippen LogP contribution in [0.1, 0.15) is 31.7 Å². The summed E-state index contributed by atoms with van der Waals surface area (Å²) >= 11 is 12.0. The van der Waals surface area contributed by atoms with Gasteiger partial charge >= 0.3 is 0 Å². The number of aromatic nitrogens is 2. The van der Waals surface area contributed by atoms with Crippen LogP contribution in [0, 0.1) is 6.92 Å². The van der Waals surface area contributed by atoms with Gasteiger partial charge in [0.15, 0.2) is 0 Å². The SMILES string of the molecule is Cc1nn(C)c(CN(CCCCl)C(C)C)c1Cl. The molecule has 0 bridgehead atoms. The van der Waals surface area contributed by atoms with Crippen molar-refractivity contribution in [2.24, 2.45) is 7.05 Å². The average Bonchev–Trinajstić information content (AvgIpc) is 2.49. The monoisotopic (exact) mass is 277 g/mol. The molecule has 0 spiro atoms. The molecule has 98 valence electrons. The maximum Gasteiger partial charge on any atom is 0.0860 e. The number of nitrogens with zero attached hydrogens (tertiary/aromatic N) is 3. The van der Waals surface area contributed by atoms with Gasteiger partial charge in [0.05, 0.1) is 16.4 Å². The largest absolute Gasteiger partial charge is 0.295 e. The van der Waals surface area contributed by atoms with E-state index in [-0.39, 0.29) is 0 Å². The third-order valence-corrected chi connectivity index (χ3v) is 3.68. The van der Waals surface area contributed by atoms with Crippen molar-refractivity contribution in [3.63, 3.8) is 0 Å². The van der Waals surface area contributed by atoms with Gasteiger partial charge < -0.3 is 0 Å². The molecule has 0 atom stereocenters. The van der Waals surface area contributed by atoms with Crippen molar-refractivity contribution in [1.29, 1.82) is 0 Å². The Morgan fingerprint density at radius 1 is 1.41 bits per heavy atom. The summed E-state index contributed by atoms with van der Waals surface area (Å²) in [7, 11) is 1.94. The highest BCUT2D eigenvalue weighted by Crippen LogP contribution is 2.21. The van der Waals surface area contributed by atoms with Crippen molar-refractivity contribution in [2.75, 3.05) is 12.4 Å². The first-order valence-electron chi connectivity index (χ1n) is 5.95. The van der Waals surface area contributed by atoms with Crippen LogP contribution in [0.5, 0.6) is 0 Å². The standard InChI is InChI=1S/C12H21Cl2N3/c1-9(2)17(7-5-6-13)8-11-12(14)10(3)15-16(11)4/h9H,5-8H2,1-4H3. The second-order valence-corrected chi connectivity index (χ2v) is 5.33. The maximum atomic E-state index is 6.26. The Labute approximate surface area is 114 Å². The van der Waals surface area contributed by atoms with Crippen LogP contribution in [-0.4, -0.2) is 33.1 Å². The molecule has 0 saturated heterocycles. The Balaban J connectivity index is 2.78. The lowest BCUT2D eigenvalue weighted by atomic mass is 10.2. The van der Waals surface area contributed by atoms with E-state index < -0.39 is 0 Å². The number of halogens is 2. The molecule has 0 aromatic carbocycles. The first-order chi connectivity index (χ1) is 7.97. The van der Waals surface area contributed by atoms with Crippen molar-refractivity contribution in [1.82, 2.24) is 14.7 Å². The van der Waals surface area contributed by atoms with Crippen LogP contribution in [0.25, 0.3) is 0 Å². The fourth-order valence-corrected chi connectivity index (χ4v) is 2.17. The molecule has 3 nitrogen and oxygen atoms in total. The van der Waals surface area contributed by atoms with Crippen LogP contribution in [0.3, 0.4) is 0 Å². The quantitative estimate of drug-likeness (QED) is 0.745. The zero-order chi connectivity index (χ0) is 13.0. The van der Waals surface area contributed by atoms with Crippen molar-refractivity contribution in [3.8, 4) is 0 Å². The van der Waals surface area contributed by atoms with E-state index >= 15 is 0 Å². The number of aryl methyl sites for hydroxylation is 2. The number of hydrogen-bond donors (Lipinski definition) is 0. The molecule has 1 rings (SSSR count). The van der Waals surface area contributed by atoms with Gasteiger partial charge in [-0.2, -0.15) is 5.10 Å². The normalized spacial score (nSPS) is 11.8. The summed E-state index contributed by atoms with van der Waals surface area (Å²) in [6, 6.07) is 0.476.